The predicted octanol–water partition coefficient (Wildman–Crippen LogP) is 5.38. The summed E-state index contributed by atoms with van der Waals surface area (Å²) in [5.41, 5.74) is 4.20. The molecular formula is C19H19FO2. The molecule has 22 heavy (non-hydrogen) atoms. The Morgan fingerprint density at radius 1 is 1.14 bits per heavy atom. The molecule has 1 aliphatic rings. The van der Waals surface area contributed by atoms with Crippen molar-refractivity contribution in [1.29, 1.82) is 0 Å². The smallest absolute Gasteiger partial charge is 0.231 e. The van der Waals surface area contributed by atoms with Crippen molar-refractivity contribution in [2.75, 3.05) is 6.79 Å². The van der Waals surface area contributed by atoms with E-state index in [4.69, 9.17) is 9.47 Å². The van der Waals surface area contributed by atoms with Crippen molar-refractivity contribution in [3.8, 4) is 22.6 Å². The summed E-state index contributed by atoms with van der Waals surface area (Å²) in [5, 5.41) is 0. The van der Waals surface area contributed by atoms with Crippen LogP contribution in [0, 0.1) is 5.82 Å². The second-order valence-corrected chi connectivity index (χ2v) is 5.65. The largest absolute Gasteiger partial charge is 0.454 e. The molecule has 2 aromatic carbocycles. The quantitative estimate of drug-likeness (QED) is 0.757. The molecule has 2 nitrogen and oxygen atoms in total. The minimum atomic E-state index is -0.245. The van der Waals surface area contributed by atoms with Crippen LogP contribution in [0.25, 0.3) is 17.2 Å². The molecule has 0 saturated heterocycles. The third kappa shape index (κ3) is 2.47. The average Bonchev–Trinajstić information content (AvgIpc) is 2.96. The van der Waals surface area contributed by atoms with Crippen molar-refractivity contribution in [2.24, 2.45) is 0 Å². The van der Waals surface area contributed by atoms with Crippen molar-refractivity contribution in [1.82, 2.24) is 0 Å². The first kappa shape index (κ1) is 14.6. The molecule has 3 rings (SSSR count). The number of fused-ring (bicyclic) bond motifs is 1. The highest BCUT2D eigenvalue weighted by molar-refractivity contribution is 5.85. The van der Waals surface area contributed by atoms with Gasteiger partial charge in [-0.25, -0.2) is 4.39 Å². The highest BCUT2D eigenvalue weighted by atomic mass is 19.1. The number of halogens is 1. The Morgan fingerprint density at radius 2 is 1.86 bits per heavy atom. The average molecular weight is 298 g/mol. The molecule has 0 amide bonds. The van der Waals surface area contributed by atoms with E-state index in [0.29, 0.717) is 5.92 Å². The van der Waals surface area contributed by atoms with Crippen LogP contribution in [0.4, 0.5) is 4.39 Å². The number of allylic oxidation sites excluding steroid dienone is 1. The fourth-order valence-electron chi connectivity index (χ4n) is 2.80. The summed E-state index contributed by atoms with van der Waals surface area (Å²) >= 11 is 0. The molecule has 0 aliphatic carbocycles. The lowest BCUT2D eigenvalue weighted by atomic mass is 9.88. The summed E-state index contributed by atoms with van der Waals surface area (Å²) in [4.78, 5) is 0. The number of benzene rings is 2. The molecule has 0 fully saturated rings. The highest BCUT2D eigenvalue weighted by Crippen LogP contribution is 2.47. The van der Waals surface area contributed by atoms with Gasteiger partial charge in [0.15, 0.2) is 11.5 Å². The van der Waals surface area contributed by atoms with Crippen molar-refractivity contribution in [2.45, 2.75) is 26.7 Å². The Morgan fingerprint density at radius 3 is 2.50 bits per heavy atom. The van der Waals surface area contributed by atoms with Gasteiger partial charge in [0.05, 0.1) is 0 Å². The number of hydrogen-bond acceptors (Lipinski definition) is 2. The fourth-order valence-corrected chi connectivity index (χ4v) is 2.80. The van der Waals surface area contributed by atoms with Gasteiger partial charge in [0.1, 0.15) is 5.82 Å². The van der Waals surface area contributed by atoms with Crippen molar-refractivity contribution in [3.05, 3.63) is 53.4 Å². The summed E-state index contributed by atoms with van der Waals surface area (Å²) in [6.07, 6.45) is 4.09. The molecule has 1 heterocycles. The second-order valence-electron chi connectivity index (χ2n) is 5.65. The first-order valence-corrected chi connectivity index (χ1v) is 7.47. The maximum atomic E-state index is 13.3. The zero-order chi connectivity index (χ0) is 15.7. The van der Waals surface area contributed by atoms with Gasteiger partial charge in [-0.3, -0.25) is 0 Å². The van der Waals surface area contributed by atoms with Gasteiger partial charge >= 0.3 is 0 Å². The summed E-state index contributed by atoms with van der Waals surface area (Å²) in [6, 6.07) is 8.56. The van der Waals surface area contributed by atoms with Crippen LogP contribution >= 0.6 is 0 Å². The Labute approximate surface area is 130 Å². The molecule has 3 heteroatoms. The maximum absolute atomic E-state index is 13.3. The second kappa shape index (κ2) is 5.84. The van der Waals surface area contributed by atoms with E-state index < -0.39 is 0 Å². The topological polar surface area (TPSA) is 18.5 Å². The van der Waals surface area contributed by atoms with Crippen molar-refractivity contribution >= 4 is 6.08 Å². The third-order valence-corrected chi connectivity index (χ3v) is 3.82. The number of ether oxygens (including phenoxy) is 2. The van der Waals surface area contributed by atoms with Crippen LogP contribution in [0.2, 0.25) is 0 Å². The van der Waals surface area contributed by atoms with Gasteiger partial charge in [0, 0.05) is 5.56 Å². The first-order chi connectivity index (χ1) is 10.6. The van der Waals surface area contributed by atoms with Crippen LogP contribution in [-0.2, 0) is 0 Å². The summed E-state index contributed by atoms with van der Waals surface area (Å²) in [7, 11) is 0. The van der Waals surface area contributed by atoms with Crippen LogP contribution in [0.5, 0.6) is 11.5 Å². The van der Waals surface area contributed by atoms with Crippen LogP contribution < -0.4 is 9.47 Å². The Bertz CT molecular complexity index is 715. The predicted molar refractivity (Wildman–Crippen MR) is 86.8 cm³/mol. The van der Waals surface area contributed by atoms with Crippen molar-refractivity contribution < 1.29 is 13.9 Å². The summed E-state index contributed by atoms with van der Waals surface area (Å²) in [6.45, 7) is 6.52. The van der Waals surface area contributed by atoms with E-state index >= 15 is 0 Å². The Balaban J connectivity index is 2.32. The third-order valence-electron chi connectivity index (χ3n) is 3.82. The molecule has 0 N–H and O–H groups in total. The van der Waals surface area contributed by atoms with E-state index in [1.165, 1.54) is 17.7 Å². The number of rotatable bonds is 3. The van der Waals surface area contributed by atoms with Gasteiger partial charge < -0.3 is 9.47 Å². The standard InChI is InChI=1S/C19H19FO2/c1-4-5-15-16(12(2)3)10-17-19(22-11-21-17)18(15)13-6-8-14(20)9-7-13/h4-10,12H,11H2,1-3H3/b5-4+. The molecule has 114 valence electrons. The molecule has 0 radical (unpaired) electrons. The molecule has 0 saturated carbocycles. The molecule has 2 aromatic rings. The van der Waals surface area contributed by atoms with E-state index in [1.807, 2.05) is 13.0 Å². The van der Waals surface area contributed by atoms with E-state index in [2.05, 4.69) is 26.0 Å². The normalized spacial score (nSPS) is 13.3. The Hall–Kier alpha value is -2.29. The lowest BCUT2D eigenvalue weighted by Gasteiger charge is -2.17. The zero-order valence-corrected chi connectivity index (χ0v) is 13.0. The van der Waals surface area contributed by atoms with Gasteiger partial charge in [-0.1, -0.05) is 38.1 Å². The van der Waals surface area contributed by atoms with Crippen LogP contribution in [-0.4, -0.2) is 6.79 Å². The summed E-state index contributed by atoms with van der Waals surface area (Å²) in [5.74, 6) is 1.60. The molecular weight excluding hydrogens is 279 g/mol. The van der Waals surface area contributed by atoms with Gasteiger partial charge in [0.25, 0.3) is 0 Å². The zero-order valence-electron chi connectivity index (χ0n) is 13.0. The molecule has 0 spiro atoms. The monoisotopic (exact) mass is 298 g/mol. The van der Waals surface area contributed by atoms with E-state index in [0.717, 1.165) is 28.2 Å². The Kier molecular flexibility index (Phi) is 3.88. The lowest BCUT2D eigenvalue weighted by molar-refractivity contribution is 0.174. The summed E-state index contributed by atoms with van der Waals surface area (Å²) < 4.78 is 24.5. The maximum Gasteiger partial charge on any atom is 0.231 e. The van der Waals surface area contributed by atoms with Crippen molar-refractivity contribution in [3.63, 3.8) is 0 Å². The highest BCUT2D eigenvalue weighted by Gasteiger charge is 2.25. The van der Waals surface area contributed by atoms with E-state index in [1.54, 1.807) is 12.1 Å². The van der Waals surface area contributed by atoms with Crippen LogP contribution in [0.15, 0.2) is 36.4 Å². The van der Waals surface area contributed by atoms with Gasteiger partial charge in [-0.05, 0) is 47.7 Å². The minimum Gasteiger partial charge on any atom is -0.454 e. The van der Waals surface area contributed by atoms with E-state index in [-0.39, 0.29) is 12.6 Å². The van der Waals surface area contributed by atoms with Crippen LogP contribution in [0.1, 0.15) is 37.8 Å². The number of hydrogen-bond donors (Lipinski definition) is 0. The molecule has 0 unspecified atom stereocenters. The van der Waals surface area contributed by atoms with Gasteiger partial charge in [-0.2, -0.15) is 0 Å². The van der Waals surface area contributed by atoms with Crippen LogP contribution in [0.3, 0.4) is 0 Å². The SMILES string of the molecule is C/C=C/c1c(C(C)C)cc2c(c1-c1ccc(F)cc1)OCO2. The fraction of sp³-hybridized carbons (Fsp3) is 0.263. The van der Waals surface area contributed by atoms with Gasteiger partial charge in [0.2, 0.25) is 6.79 Å². The molecule has 1 aliphatic heterocycles. The minimum absolute atomic E-state index is 0.223. The van der Waals surface area contributed by atoms with Gasteiger partial charge in [-0.15, -0.1) is 0 Å². The van der Waals surface area contributed by atoms with E-state index in [9.17, 15) is 4.39 Å². The lowest BCUT2D eigenvalue weighted by Crippen LogP contribution is -1.97. The molecule has 0 bridgehead atoms. The molecule has 0 aromatic heterocycles. The molecule has 0 atom stereocenters. The first-order valence-electron chi connectivity index (χ1n) is 7.47.